The number of hydrogen-bond acceptors (Lipinski definition) is 3. The lowest BCUT2D eigenvalue weighted by atomic mass is 10.0. The van der Waals surface area contributed by atoms with Crippen LogP contribution in [0.3, 0.4) is 0 Å². The molecule has 3 aromatic rings. The Balaban J connectivity index is 2.07. The van der Waals surface area contributed by atoms with Crippen molar-refractivity contribution in [2.75, 3.05) is 11.0 Å². The van der Waals surface area contributed by atoms with Crippen LogP contribution in [0.25, 0.3) is 10.9 Å². The Hall–Kier alpha value is -1.92. The van der Waals surface area contributed by atoms with Crippen LogP contribution in [0.4, 0.5) is 5.69 Å². The van der Waals surface area contributed by atoms with E-state index in [0.29, 0.717) is 11.6 Å². The van der Waals surface area contributed by atoms with Crippen LogP contribution in [0.5, 0.6) is 0 Å². The van der Waals surface area contributed by atoms with Gasteiger partial charge in [0, 0.05) is 32.1 Å². The van der Waals surface area contributed by atoms with Gasteiger partial charge in [-0.3, -0.25) is 4.72 Å². The molecule has 0 aliphatic heterocycles. The molecule has 2 aromatic carbocycles. The van der Waals surface area contributed by atoms with E-state index in [2.05, 4.69) is 47.8 Å². The van der Waals surface area contributed by atoms with Crippen LogP contribution >= 0.6 is 11.8 Å². The van der Waals surface area contributed by atoms with Gasteiger partial charge in [-0.25, -0.2) is 8.42 Å². The van der Waals surface area contributed by atoms with Gasteiger partial charge in [-0.2, -0.15) is 0 Å². The molecule has 6 heteroatoms. The smallest absolute Gasteiger partial charge is 0.229 e. The monoisotopic (exact) mass is 374 g/mol. The summed E-state index contributed by atoms with van der Waals surface area (Å²) < 4.78 is 25.6. The molecule has 0 atom stereocenters. The fourth-order valence-electron chi connectivity index (χ4n) is 2.87. The van der Waals surface area contributed by atoms with Gasteiger partial charge < -0.3 is 4.98 Å². The van der Waals surface area contributed by atoms with Crippen molar-refractivity contribution in [2.24, 2.45) is 0 Å². The van der Waals surface area contributed by atoms with E-state index in [1.54, 1.807) is 17.8 Å². The molecule has 132 valence electrons. The molecule has 0 fully saturated rings. The number of rotatable bonds is 5. The number of benzene rings is 2. The third-order valence-corrected chi connectivity index (χ3v) is 5.91. The first-order chi connectivity index (χ1) is 11.7. The summed E-state index contributed by atoms with van der Waals surface area (Å²) in [6.45, 7) is 6.43. The molecular formula is C19H22N2O2S2. The molecule has 1 aromatic heterocycles. The minimum atomic E-state index is -3.30. The maximum atomic E-state index is 11.5. The Kier molecular flexibility index (Phi) is 4.84. The minimum Gasteiger partial charge on any atom is -0.358 e. The molecular weight excluding hydrogens is 352 g/mol. The summed E-state index contributed by atoms with van der Waals surface area (Å²) in [5.41, 5.74) is 3.97. The van der Waals surface area contributed by atoms with Crippen molar-refractivity contribution in [3.63, 3.8) is 0 Å². The van der Waals surface area contributed by atoms with Crippen molar-refractivity contribution < 1.29 is 8.42 Å². The van der Waals surface area contributed by atoms with Crippen LogP contribution in [0, 0.1) is 6.92 Å². The number of hydrogen-bond donors (Lipinski definition) is 2. The van der Waals surface area contributed by atoms with Gasteiger partial charge in [0.2, 0.25) is 10.0 Å². The molecule has 0 bridgehead atoms. The zero-order valence-corrected chi connectivity index (χ0v) is 16.4. The highest BCUT2D eigenvalue weighted by Crippen LogP contribution is 2.40. The molecule has 0 saturated carbocycles. The van der Waals surface area contributed by atoms with E-state index in [-0.39, 0.29) is 0 Å². The summed E-state index contributed by atoms with van der Waals surface area (Å²) in [6.07, 6.45) is 1.16. The molecule has 0 aliphatic rings. The van der Waals surface area contributed by atoms with E-state index < -0.39 is 10.0 Å². The van der Waals surface area contributed by atoms with Gasteiger partial charge in [0.05, 0.1) is 6.26 Å². The molecule has 1 heterocycles. The van der Waals surface area contributed by atoms with Crippen molar-refractivity contribution in [1.29, 1.82) is 0 Å². The number of aromatic nitrogens is 1. The van der Waals surface area contributed by atoms with E-state index in [4.69, 9.17) is 0 Å². The average molecular weight is 375 g/mol. The maximum Gasteiger partial charge on any atom is 0.229 e. The highest BCUT2D eigenvalue weighted by molar-refractivity contribution is 7.99. The first kappa shape index (κ1) is 17.9. The number of H-pyrrole nitrogens is 1. The first-order valence-corrected chi connectivity index (χ1v) is 10.8. The van der Waals surface area contributed by atoms with Gasteiger partial charge in [0.15, 0.2) is 0 Å². The number of aromatic amines is 1. The highest BCUT2D eigenvalue weighted by Gasteiger charge is 2.14. The third kappa shape index (κ3) is 4.02. The summed E-state index contributed by atoms with van der Waals surface area (Å²) >= 11 is 1.72. The van der Waals surface area contributed by atoms with E-state index in [9.17, 15) is 8.42 Å². The third-order valence-electron chi connectivity index (χ3n) is 3.98. The Morgan fingerprint density at radius 2 is 1.84 bits per heavy atom. The lowest BCUT2D eigenvalue weighted by Crippen LogP contribution is -2.09. The summed E-state index contributed by atoms with van der Waals surface area (Å²) in [5.74, 6) is 0.441. The second-order valence-electron chi connectivity index (χ2n) is 6.51. The average Bonchev–Trinajstić information content (AvgIpc) is 2.82. The molecule has 0 aliphatic carbocycles. The predicted molar refractivity (Wildman–Crippen MR) is 106 cm³/mol. The topological polar surface area (TPSA) is 62.0 Å². The molecule has 0 spiro atoms. The Morgan fingerprint density at radius 1 is 1.12 bits per heavy atom. The summed E-state index contributed by atoms with van der Waals surface area (Å²) in [7, 11) is -3.30. The molecule has 25 heavy (non-hydrogen) atoms. The lowest BCUT2D eigenvalue weighted by molar-refractivity contribution is 0.607. The van der Waals surface area contributed by atoms with Crippen LogP contribution in [0.1, 0.15) is 31.0 Å². The van der Waals surface area contributed by atoms with Gasteiger partial charge in [-0.1, -0.05) is 43.8 Å². The normalized spacial score (nSPS) is 12.0. The van der Waals surface area contributed by atoms with Crippen molar-refractivity contribution in [2.45, 2.75) is 36.5 Å². The Bertz CT molecular complexity index is 1020. The zero-order chi connectivity index (χ0) is 18.2. The molecule has 0 amide bonds. The lowest BCUT2D eigenvalue weighted by Gasteiger charge is -2.12. The van der Waals surface area contributed by atoms with E-state index in [1.165, 1.54) is 10.5 Å². The van der Waals surface area contributed by atoms with Gasteiger partial charge in [0.1, 0.15) is 0 Å². The van der Waals surface area contributed by atoms with Crippen LogP contribution < -0.4 is 4.72 Å². The van der Waals surface area contributed by atoms with Crippen molar-refractivity contribution >= 4 is 38.4 Å². The SMILES string of the molecule is Cc1[nH]c2ccc(NS(C)(=O)=O)cc2c1Sc1ccccc1C(C)C. The first-order valence-electron chi connectivity index (χ1n) is 8.11. The molecule has 4 nitrogen and oxygen atoms in total. The van der Waals surface area contributed by atoms with E-state index in [1.807, 2.05) is 19.1 Å². The van der Waals surface area contributed by atoms with Crippen molar-refractivity contribution in [1.82, 2.24) is 4.98 Å². The second-order valence-corrected chi connectivity index (χ2v) is 9.31. The van der Waals surface area contributed by atoms with Crippen LogP contribution in [-0.2, 0) is 10.0 Å². The van der Waals surface area contributed by atoms with Crippen molar-refractivity contribution in [3.8, 4) is 0 Å². The van der Waals surface area contributed by atoms with Crippen LogP contribution in [0.2, 0.25) is 0 Å². The molecule has 0 unspecified atom stereocenters. The standard InChI is InChI=1S/C19H22N2O2S2/c1-12(2)15-7-5-6-8-18(15)24-19-13(3)20-17-10-9-14(11-16(17)19)21-25(4,22)23/h5-12,20-21H,1-4H3. The van der Waals surface area contributed by atoms with Gasteiger partial charge in [0.25, 0.3) is 0 Å². The fraction of sp³-hybridized carbons (Fsp3) is 0.263. The largest absolute Gasteiger partial charge is 0.358 e. The summed E-state index contributed by atoms with van der Waals surface area (Å²) in [4.78, 5) is 5.74. The fourth-order valence-corrected chi connectivity index (χ4v) is 4.70. The predicted octanol–water partition coefficient (Wildman–Crippen LogP) is 5.12. The van der Waals surface area contributed by atoms with Crippen LogP contribution in [0.15, 0.2) is 52.3 Å². The number of fused-ring (bicyclic) bond motifs is 1. The van der Waals surface area contributed by atoms with Gasteiger partial charge in [-0.05, 0) is 42.7 Å². The Morgan fingerprint density at radius 3 is 2.52 bits per heavy atom. The Labute approximate surface area is 153 Å². The summed E-state index contributed by atoms with van der Waals surface area (Å²) in [5, 5.41) is 1.02. The second kappa shape index (κ2) is 6.77. The van der Waals surface area contributed by atoms with Crippen molar-refractivity contribution in [3.05, 3.63) is 53.7 Å². The van der Waals surface area contributed by atoms with E-state index in [0.717, 1.165) is 27.7 Å². The molecule has 3 rings (SSSR count). The molecule has 0 saturated heterocycles. The zero-order valence-electron chi connectivity index (χ0n) is 14.8. The quantitative estimate of drug-likeness (QED) is 0.651. The molecule has 0 radical (unpaired) electrons. The number of anilines is 1. The van der Waals surface area contributed by atoms with Gasteiger partial charge in [-0.15, -0.1) is 0 Å². The number of nitrogens with one attached hydrogen (secondary N) is 2. The number of aryl methyl sites for hydroxylation is 1. The number of sulfonamides is 1. The molecule has 2 N–H and O–H groups in total. The summed E-state index contributed by atoms with van der Waals surface area (Å²) in [6, 6.07) is 14.0. The highest BCUT2D eigenvalue weighted by atomic mass is 32.2. The van der Waals surface area contributed by atoms with Gasteiger partial charge >= 0.3 is 0 Å². The maximum absolute atomic E-state index is 11.5. The minimum absolute atomic E-state index is 0.441. The van der Waals surface area contributed by atoms with E-state index >= 15 is 0 Å². The van der Waals surface area contributed by atoms with Crippen LogP contribution in [-0.4, -0.2) is 19.7 Å².